The van der Waals surface area contributed by atoms with Gasteiger partial charge in [0.25, 0.3) is 0 Å². The van der Waals surface area contributed by atoms with Crippen molar-refractivity contribution in [2.75, 3.05) is 45.5 Å². The smallest absolute Gasteiger partial charge is 0.193 e. The molecule has 1 aromatic heterocycles. The van der Waals surface area contributed by atoms with Gasteiger partial charge in [-0.05, 0) is 37.3 Å². The highest BCUT2D eigenvalue weighted by Gasteiger charge is 2.28. The number of nitrogens with zero attached hydrogens (tertiary/aromatic N) is 3. The van der Waals surface area contributed by atoms with Crippen molar-refractivity contribution in [2.24, 2.45) is 4.99 Å². The number of fused-ring (bicyclic) bond motifs is 1. The number of thiophene rings is 1. The molecule has 0 spiro atoms. The topological polar surface area (TPSA) is 30.9 Å². The van der Waals surface area contributed by atoms with Crippen LogP contribution < -0.4 is 5.32 Å². The van der Waals surface area contributed by atoms with Crippen LogP contribution >= 0.6 is 47.1 Å². The van der Waals surface area contributed by atoms with Crippen LogP contribution in [-0.4, -0.2) is 66.0 Å². The molecule has 1 fully saturated rings. The van der Waals surface area contributed by atoms with E-state index in [0.29, 0.717) is 4.75 Å². The third kappa shape index (κ3) is 5.25. The van der Waals surface area contributed by atoms with Crippen LogP contribution in [0.25, 0.3) is 0 Å². The standard InChI is InChI=1S/C17H28N4S2.HI/c1-17(2)13-21(9-11-23-17)16(18-3)19-6-8-20-7-4-15-14(12-20)5-10-22-15;/h5,10H,4,6-9,11-13H2,1-3H3,(H,18,19);1H. The van der Waals surface area contributed by atoms with E-state index >= 15 is 0 Å². The summed E-state index contributed by atoms with van der Waals surface area (Å²) in [5.74, 6) is 2.24. The van der Waals surface area contributed by atoms with Crippen molar-refractivity contribution in [3.05, 3.63) is 21.9 Å². The second-order valence-corrected chi connectivity index (χ2v) is 9.70. The fraction of sp³-hybridized carbons (Fsp3) is 0.706. The maximum absolute atomic E-state index is 4.49. The van der Waals surface area contributed by atoms with E-state index in [0.717, 1.165) is 38.7 Å². The summed E-state index contributed by atoms with van der Waals surface area (Å²) >= 11 is 3.97. The van der Waals surface area contributed by atoms with Gasteiger partial charge in [-0.2, -0.15) is 11.8 Å². The van der Waals surface area contributed by atoms with Crippen LogP contribution in [0.15, 0.2) is 16.4 Å². The van der Waals surface area contributed by atoms with E-state index in [1.54, 1.807) is 4.88 Å². The van der Waals surface area contributed by atoms with Crippen molar-refractivity contribution in [1.82, 2.24) is 15.1 Å². The lowest BCUT2D eigenvalue weighted by Gasteiger charge is -2.39. The highest BCUT2D eigenvalue weighted by molar-refractivity contribution is 14.0. The van der Waals surface area contributed by atoms with Gasteiger partial charge >= 0.3 is 0 Å². The van der Waals surface area contributed by atoms with Gasteiger partial charge in [-0.1, -0.05) is 0 Å². The minimum atomic E-state index is 0. The zero-order valence-corrected chi connectivity index (χ0v) is 18.8. The van der Waals surface area contributed by atoms with E-state index in [1.165, 1.54) is 24.3 Å². The van der Waals surface area contributed by atoms with Crippen LogP contribution in [0.5, 0.6) is 0 Å². The summed E-state index contributed by atoms with van der Waals surface area (Å²) in [4.78, 5) is 11.0. The summed E-state index contributed by atoms with van der Waals surface area (Å²) in [6.45, 7) is 11.1. The Balaban J connectivity index is 0.00000208. The molecular formula is C17H29IN4S2. The molecule has 2 aliphatic heterocycles. The van der Waals surface area contributed by atoms with Crippen LogP contribution in [0, 0.1) is 0 Å². The Labute approximate surface area is 171 Å². The van der Waals surface area contributed by atoms with Gasteiger partial charge < -0.3 is 10.2 Å². The molecule has 0 atom stereocenters. The van der Waals surface area contributed by atoms with Crippen LogP contribution in [0.3, 0.4) is 0 Å². The highest BCUT2D eigenvalue weighted by atomic mass is 127. The Morgan fingerprint density at radius 2 is 2.21 bits per heavy atom. The largest absolute Gasteiger partial charge is 0.355 e. The number of aliphatic imine (C=N–C) groups is 1. The number of nitrogens with one attached hydrogen (secondary N) is 1. The zero-order valence-electron chi connectivity index (χ0n) is 14.9. The third-order valence-corrected chi connectivity index (χ3v) is 6.86. The molecule has 0 amide bonds. The average molecular weight is 480 g/mol. The maximum Gasteiger partial charge on any atom is 0.193 e. The molecule has 136 valence electrons. The molecule has 0 saturated carbocycles. The monoisotopic (exact) mass is 480 g/mol. The van der Waals surface area contributed by atoms with Crippen molar-refractivity contribution in [3.63, 3.8) is 0 Å². The van der Waals surface area contributed by atoms with Crippen LogP contribution in [0.2, 0.25) is 0 Å². The highest BCUT2D eigenvalue weighted by Crippen LogP contribution is 2.29. The molecule has 24 heavy (non-hydrogen) atoms. The summed E-state index contributed by atoms with van der Waals surface area (Å²) in [6, 6.07) is 2.28. The molecule has 0 unspecified atom stereocenters. The van der Waals surface area contributed by atoms with E-state index in [4.69, 9.17) is 0 Å². The second-order valence-electron chi connectivity index (χ2n) is 6.90. The summed E-state index contributed by atoms with van der Waals surface area (Å²) in [6.07, 6.45) is 1.21. The van der Waals surface area contributed by atoms with E-state index in [2.05, 4.69) is 57.2 Å². The lowest BCUT2D eigenvalue weighted by molar-refractivity contribution is 0.258. The van der Waals surface area contributed by atoms with Gasteiger partial charge in [0.15, 0.2) is 5.96 Å². The first-order valence-corrected chi connectivity index (χ1v) is 10.3. The Kier molecular flexibility index (Phi) is 7.70. The summed E-state index contributed by atoms with van der Waals surface area (Å²) in [5.41, 5.74) is 1.53. The maximum atomic E-state index is 4.49. The Bertz CT molecular complexity index is 559. The van der Waals surface area contributed by atoms with Crippen LogP contribution in [-0.2, 0) is 13.0 Å². The molecule has 1 saturated heterocycles. The molecule has 1 aromatic rings. The van der Waals surface area contributed by atoms with Gasteiger partial charge in [0.2, 0.25) is 0 Å². The Morgan fingerprint density at radius 1 is 1.38 bits per heavy atom. The minimum absolute atomic E-state index is 0. The van der Waals surface area contributed by atoms with Gasteiger partial charge in [0, 0.05) is 61.7 Å². The predicted octanol–water partition coefficient (Wildman–Crippen LogP) is 3.13. The summed E-state index contributed by atoms with van der Waals surface area (Å²) in [7, 11) is 1.90. The number of guanidine groups is 1. The summed E-state index contributed by atoms with van der Waals surface area (Å²) < 4.78 is 0.318. The second kappa shape index (κ2) is 9.09. The van der Waals surface area contributed by atoms with E-state index in [-0.39, 0.29) is 24.0 Å². The Hall–Kier alpha value is 0.01000. The predicted molar refractivity (Wildman–Crippen MR) is 118 cm³/mol. The normalized spacial score (nSPS) is 21.1. The molecular weight excluding hydrogens is 451 g/mol. The molecule has 7 heteroatoms. The number of hydrogen-bond acceptors (Lipinski definition) is 4. The molecule has 0 bridgehead atoms. The molecule has 3 rings (SSSR count). The number of rotatable bonds is 3. The first-order valence-electron chi connectivity index (χ1n) is 8.44. The molecule has 1 N–H and O–H groups in total. The molecule has 3 heterocycles. The SMILES string of the molecule is CN=C(NCCN1CCc2sccc2C1)N1CCSC(C)(C)C1.I. The first-order chi connectivity index (χ1) is 11.1. The molecule has 0 aromatic carbocycles. The molecule has 2 aliphatic rings. The van der Waals surface area contributed by atoms with Gasteiger partial charge in [-0.25, -0.2) is 0 Å². The van der Waals surface area contributed by atoms with E-state index in [1.807, 2.05) is 18.4 Å². The molecule has 0 aliphatic carbocycles. The molecule has 0 radical (unpaired) electrons. The Morgan fingerprint density at radius 3 is 2.96 bits per heavy atom. The fourth-order valence-corrected chi connectivity index (χ4v) is 5.35. The van der Waals surface area contributed by atoms with Crippen molar-refractivity contribution in [3.8, 4) is 0 Å². The summed E-state index contributed by atoms with van der Waals surface area (Å²) in [5, 5.41) is 5.80. The lowest BCUT2D eigenvalue weighted by atomic mass is 10.1. The fourth-order valence-electron chi connectivity index (χ4n) is 3.35. The van der Waals surface area contributed by atoms with E-state index < -0.39 is 0 Å². The number of thioether (sulfide) groups is 1. The first kappa shape index (κ1) is 20.3. The number of hydrogen-bond donors (Lipinski definition) is 1. The molecule has 4 nitrogen and oxygen atoms in total. The van der Waals surface area contributed by atoms with Crippen LogP contribution in [0.1, 0.15) is 24.3 Å². The van der Waals surface area contributed by atoms with Gasteiger partial charge in [0.05, 0.1) is 0 Å². The van der Waals surface area contributed by atoms with Gasteiger partial charge in [-0.15, -0.1) is 35.3 Å². The minimum Gasteiger partial charge on any atom is -0.355 e. The van der Waals surface area contributed by atoms with Gasteiger partial charge in [0.1, 0.15) is 0 Å². The third-order valence-electron chi connectivity index (χ3n) is 4.53. The lowest BCUT2D eigenvalue weighted by Crippen LogP contribution is -2.52. The van der Waals surface area contributed by atoms with Crippen molar-refractivity contribution >= 4 is 53.0 Å². The quantitative estimate of drug-likeness (QED) is 0.409. The van der Waals surface area contributed by atoms with Gasteiger partial charge in [-0.3, -0.25) is 9.89 Å². The van der Waals surface area contributed by atoms with Crippen molar-refractivity contribution < 1.29 is 0 Å². The van der Waals surface area contributed by atoms with Crippen molar-refractivity contribution in [1.29, 1.82) is 0 Å². The van der Waals surface area contributed by atoms with Crippen LogP contribution in [0.4, 0.5) is 0 Å². The van der Waals surface area contributed by atoms with E-state index in [9.17, 15) is 0 Å². The zero-order chi connectivity index (χ0) is 16.3. The van der Waals surface area contributed by atoms with Crippen molar-refractivity contribution in [2.45, 2.75) is 31.6 Å². The average Bonchev–Trinajstić information content (AvgIpc) is 2.98. The number of halogens is 1.